The summed E-state index contributed by atoms with van der Waals surface area (Å²) in [7, 11) is 3.07. The van der Waals surface area contributed by atoms with Crippen molar-refractivity contribution in [3.05, 3.63) is 53.6 Å². The van der Waals surface area contributed by atoms with Crippen molar-refractivity contribution in [3.8, 4) is 23.3 Å². The van der Waals surface area contributed by atoms with Crippen molar-refractivity contribution in [2.24, 2.45) is 5.92 Å². The fourth-order valence-corrected chi connectivity index (χ4v) is 3.73. The highest BCUT2D eigenvalue weighted by Crippen LogP contribution is 2.28. The first-order valence-electron chi connectivity index (χ1n) is 10.9. The predicted octanol–water partition coefficient (Wildman–Crippen LogP) is 2.96. The Morgan fingerprint density at radius 3 is 2.15 bits per heavy atom. The molecular weight excluding hydrogens is 422 g/mol. The van der Waals surface area contributed by atoms with Crippen molar-refractivity contribution < 1.29 is 23.8 Å². The lowest BCUT2D eigenvalue weighted by Crippen LogP contribution is -2.54. The van der Waals surface area contributed by atoms with Gasteiger partial charge in [-0.2, -0.15) is 5.26 Å². The van der Waals surface area contributed by atoms with Gasteiger partial charge in [-0.15, -0.1) is 0 Å². The number of benzene rings is 2. The summed E-state index contributed by atoms with van der Waals surface area (Å²) in [5.74, 6) is 1.09. The van der Waals surface area contributed by atoms with Gasteiger partial charge in [-0.3, -0.25) is 9.59 Å². The Hall–Kier alpha value is -3.73. The number of ether oxygens (including phenoxy) is 3. The Morgan fingerprint density at radius 2 is 1.55 bits per heavy atom. The lowest BCUT2D eigenvalue weighted by Gasteiger charge is -2.37. The smallest absolute Gasteiger partial charge is 0.264 e. The Balaban J connectivity index is 1.66. The number of para-hydroxylation sites is 1. The molecule has 0 N–H and O–H groups in total. The van der Waals surface area contributed by atoms with E-state index in [1.54, 1.807) is 59.4 Å². The van der Waals surface area contributed by atoms with Crippen LogP contribution in [0.4, 0.5) is 0 Å². The molecular formula is C25H29N3O5. The van der Waals surface area contributed by atoms with E-state index in [9.17, 15) is 14.9 Å². The van der Waals surface area contributed by atoms with E-state index in [2.05, 4.69) is 6.07 Å². The average Bonchev–Trinajstić information content (AvgIpc) is 2.86. The number of carbonyl (C=O) groups is 2. The number of amides is 2. The molecule has 0 aliphatic carbocycles. The summed E-state index contributed by atoms with van der Waals surface area (Å²) < 4.78 is 16.5. The monoisotopic (exact) mass is 451 g/mol. The van der Waals surface area contributed by atoms with Crippen LogP contribution in [0.3, 0.4) is 0 Å². The maximum atomic E-state index is 13.2. The van der Waals surface area contributed by atoms with Gasteiger partial charge in [-0.05, 0) is 36.2 Å². The standard InChI is InChI=1S/C25H29N3O5/c1-17(2)23(33-20-8-6-5-7-19(20)16-26)25(30)28-13-11-27(12-14-28)24(29)18-9-10-21(31-3)22(15-18)32-4/h5-10,15,17,23H,11-14H2,1-4H3. The number of piperazine rings is 1. The first-order valence-corrected chi connectivity index (χ1v) is 10.9. The number of rotatable bonds is 7. The first-order chi connectivity index (χ1) is 15.9. The van der Waals surface area contributed by atoms with Gasteiger partial charge in [0.25, 0.3) is 11.8 Å². The zero-order valence-corrected chi connectivity index (χ0v) is 19.4. The molecule has 1 unspecified atom stereocenters. The Kier molecular flexibility index (Phi) is 7.78. The molecule has 2 aromatic rings. The van der Waals surface area contributed by atoms with Crippen molar-refractivity contribution in [1.82, 2.24) is 9.80 Å². The Bertz CT molecular complexity index is 1040. The second-order valence-corrected chi connectivity index (χ2v) is 8.08. The van der Waals surface area contributed by atoms with Crippen LogP contribution in [0.5, 0.6) is 17.2 Å². The quantitative estimate of drug-likeness (QED) is 0.643. The van der Waals surface area contributed by atoms with Crippen molar-refractivity contribution >= 4 is 11.8 Å². The lowest BCUT2D eigenvalue weighted by molar-refractivity contribution is -0.142. The van der Waals surface area contributed by atoms with Gasteiger partial charge in [0, 0.05) is 31.7 Å². The van der Waals surface area contributed by atoms with E-state index in [4.69, 9.17) is 14.2 Å². The molecule has 8 heteroatoms. The number of nitrogens with zero attached hydrogens (tertiary/aromatic N) is 3. The van der Waals surface area contributed by atoms with E-state index in [1.807, 2.05) is 13.8 Å². The topological polar surface area (TPSA) is 92.1 Å². The second-order valence-electron chi connectivity index (χ2n) is 8.08. The van der Waals surface area contributed by atoms with Crippen LogP contribution >= 0.6 is 0 Å². The van der Waals surface area contributed by atoms with Gasteiger partial charge in [-0.25, -0.2) is 0 Å². The van der Waals surface area contributed by atoms with E-state index in [-0.39, 0.29) is 17.7 Å². The van der Waals surface area contributed by atoms with Crippen molar-refractivity contribution in [2.75, 3.05) is 40.4 Å². The lowest BCUT2D eigenvalue weighted by atomic mass is 10.0. The van der Waals surface area contributed by atoms with Gasteiger partial charge in [-0.1, -0.05) is 26.0 Å². The van der Waals surface area contributed by atoms with E-state index in [1.165, 1.54) is 7.11 Å². The highest BCUT2D eigenvalue weighted by atomic mass is 16.5. The van der Waals surface area contributed by atoms with Gasteiger partial charge in [0.1, 0.15) is 11.8 Å². The molecule has 2 amide bonds. The number of hydrogen-bond donors (Lipinski definition) is 0. The highest BCUT2D eigenvalue weighted by Gasteiger charge is 2.33. The van der Waals surface area contributed by atoms with Crippen LogP contribution in [0.1, 0.15) is 29.8 Å². The van der Waals surface area contributed by atoms with Crippen molar-refractivity contribution in [2.45, 2.75) is 20.0 Å². The van der Waals surface area contributed by atoms with Crippen LogP contribution < -0.4 is 14.2 Å². The SMILES string of the molecule is COc1ccc(C(=O)N2CCN(C(=O)C(Oc3ccccc3C#N)C(C)C)CC2)cc1OC. The van der Waals surface area contributed by atoms with Crippen molar-refractivity contribution in [1.29, 1.82) is 5.26 Å². The van der Waals surface area contributed by atoms with Crippen LogP contribution in [0.2, 0.25) is 0 Å². The maximum absolute atomic E-state index is 13.2. The van der Waals surface area contributed by atoms with Crippen LogP contribution in [0.15, 0.2) is 42.5 Å². The van der Waals surface area contributed by atoms with E-state index >= 15 is 0 Å². The fourth-order valence-electron chi connectivity index (χ4n) is 3.73. The van der Waals surface area contributed by atoms with Gasteiger partial charge in [0.05, 0.1) is 19.8 Å². The molecule has 2 aromatic carbocycles. The molecule has 0 spiro atoms. The van der Waals surface area contributed by atoms with E-state index in [0.717, 1.165) is 0 Å². The largest absolute Gasteiger partial charge is 0.493 e. The van der Waals surface area contributed by atoms with Crippen molar-refractivity contribution in [3.63, 3.8) is 0 Å². The summed E-state index contributed by atoms with van der Waals surface area (Å²) in [6, 6.07) is 14.1. The Morgan fingerprint density at radius 1 is 0.909 bits per heavy atom. The van der Waals surface area contributed by atoms with Gasteiger partial charge < -0.3 is 24.0 Å². The third-order valence-electron chi connectivity index (χ3n) is 5.62. The summed E-state index contributed by atoms with van der Waals surface area (Å²) in [5, 5.41) is 9.32. The zero-order chi connectivity index (χ0) is 24.0. The molecule has 1 heterocycles. The molecule has 8 nitrogen and oxygen atoms in total. The normalized spacial score (nSPS) is 14.4. The van der Waals surface area contributed by atoms with E-state index in [0.29, 0.717) is 54.6 Å². The van der Waals surface area contributed by atoms with Gasteiger partial charge >= 0.3 is 0 Å². The molecule has 1 fully saturated rings. The molecule has 1 aliphatic heterocycles. The summed E-state index contributed by atoms with van der Waals surface area (Å²) >= 11 is 0. The summed E-state index contributed by atoms with van der Waals surface area (Å²) in [5.41, 5.74) is 0.894. The predicted molar refractivity (Wildman–Crippen MR) is 122 cm³/mol. The molecule has 0 radical (unpaired) electrons. The number of carbonyl (C=O) groups excluding carboxylic acids is 2. The molecule has 33 heavy (non-hydrogen) atoms. The maximum Gasteiger partial charge on any atom is 0.264 e. The number of nitriles is 1. The molecule has 1 aliphatic rings. The van der Waals surface area contributed by atoms with Gasteiger partial charge in [0.15, 0.2) is 17.6 Å². The minimum Gasteiger partial charge on any atom is -0.493 e. The Labute approximate surface area is 194 Å². The fraction of sp³-hybridized carbons (Fsp3) is 0.400. The molecule has 3 rings (SSSR count). The third-order valence-corrected chi connectivity index (χ3v) is 5.62. The molecule has 1 saturated heterocycles. The van der Waals surface area contributed by atoms with Crippen LogP contribution in [0.25, 0.3) is 0 Å². The van der Waals surface area contributed by atoms with E-state index < -0.39 is 6.10 Å². The zero-order valence-electron chi connectivity index (χ0n) is 19.4. The van der Waals surface area contributed by atoms with Crippen LogP contribution in [-0.2, 0) is 4.79 Å². The minimum absolute atomic E-state index is 0.0873. The summed E-state index contributed by atoms with van der Waals surface area (Å²) in [6.45, 7) is 5.47. The van der Waals surface area contributed by atoms with Crippen LogP contribution in [0, 0.1) is 17.2 Å². The van der Waals surface area contributed by atoms with Crippen LogP contribution in [-0.4, -0.2) is 68.1 Å². The highest BCUT2D eigenvalue weighted by molar-refractivity contribution is 5.95. The minimum atomic E-state index is -0.715. The molecule has 0 aromatic heterocycles. The average molecular weight is 452 g/mol. The molecule has 0 saturated carbocycles. The number of methoxy groups -OCH3 is 2. The number of hydrogen-bond acceptors (Lipinski definition) is 6. The molecule has 1 atom stereocenters. The summed E-state index contributed by atoms with van der Waals surface area (Å²) in [6.07, 6.45) is -0.715. The first kappa shape index (κ1) is 23.9. The second kappa shape index (κ2) is 10.7. The summed E-state index contributed by atoms with van der Waals surface area (Å²) in [4.78, 5) is 29.6. The third kappa shape index (κ3) is 5.37. The molecule has 174 valence electrons. The van der Waals surface area contributed by atoms with Gasteiger partial charge in [0.2, 0.25) is 0 Å². The molecule has 0 bridgehead atoms.